The smallest absolute Gasteiger partial charge is 0.251 e. The Hall–Kier alpha value is -1.44. The molecule has 0 saturated heterocycles. The summed E-state index contributed by atoms with van der Waals surface area (Å²) in [6.45, 7) is 0.411. The van der Waals surface area contributed by atoms with Crippen molar-refractivity contribution in [2.24, 2.45) is 5.92 Å². The molecular weight excluding hydrogens is 304 g/mol. The summed E-state index contributed by atoms with van der Waals surface area (Å²) in [7, 11) is -0.563. The number of carbonyl (C=O) groups excluding carboxylic acids is 1. The van der Waals surface area contributed by atoms with Crippen molar-refractivity contribution >= 4 is 15.9 Å². The molecule has 0 aliphatic heterocycles. The number of nitrogens with one attached hydrogen (secondary N) is 1. The number of aliphatic hydroxyl groups excluding tert-OH is 1. The van der Waals surface area contributed by atoms with Gasteiger partial charge in [0.15, 0.2) is 0 Å². The molecule has 2 rings (SSSR count). The van der Waals surface area contributed by atoms with Crippen LogP contribution >= 0.6 is 0 Å². The van der Waals surface area contributed by atoms with E-state index in [9.17, 15) is 18.3 Å². The van der Waals surface area contributed by atoms with Crippen LogP contribution in [-0.2, 0) is 10.0 Å². The van der Waals surface area contributed by atoms with Crippen molar-refractivity contribution in [1.82, 2.24) is 9.62 Å². The molecule has 1 aromatic rings. The molecule has 2 N–H and O–H groups in total. The van der Waals surface area contributed by atoms with Gasteiger partial charge in [-0.1, -0.05) is 0 Å². The second-order valence-electron chi connectivity index (χ2n) is 5.76. The predicted molar refractivity (Wildman–Crippen MR) is 83.0 cm³/mol. The van der Waals surface area contributed by atoms with Gasteiger partial charge in [-0.05, 0) is 49.4 Å². The Kier molecular flexibility index (Phi) is 5.20. The third-order valence-corrected chi connectivity index (χ3v) is 5.62. The van der Waals surface area contributed by atoms with Gasteiger partial charge in [0.2, 0.25) is 10.0 Å². The number of aliphatic hydroxyl groups is 1. The van der Waals surface area contributed by atoms with Crippen LogP contribution < -0.4 is 5.32 Å². The minimum Gasteiger partial charge on any atom is -0.393 e. The summed E-state index contributed by atoms with van der Waals surface area (Å²) in [6, 6.07) is 5.82. The van der Waals surface area contributed by atoms with Crippen molar-refractivity contribution in [2.45, 2.75) is 30.3 Å². The van der Waals surface area contributed by atoms with E-state index in [1.807, 2.05) is 0 Å². The van der Waals surface area contributed by atoms with Crippen LogP contribution in [0, 0.1) is 5.92 Å². The average molecular weight is 326 g/mol. The van der Waals surface area contributed by atoms with Gasteiger partial charge in [0, 0.05) is 26.2 Å². The molecule has 1 amide bonds. The topological polar surface area (TPSA) is 86.7 Å². The van der Waals surface area contributed by atoms with E-state index in [1.54, 1.807) is 0 Å². The van der Waals surface area contributed by atoms with Gasteiger partial charge < -0.3 is 10.4 Å². The molecule has 0 unspecified atom stereocenters. The van der Waals surface area contributed by atoms with Gasteiger partial charge in [-0.25, -0.2) is 12.7 Å². The lowest BCUT2D eigenvalue weighted by atomic mass is 10.1. The molecule has 1 aliphatic rings. The Labute approximate surface area is 131 Å². The standard InChI is InChI=1S/C15H22N2O4S/c1-17(2)22(20,21)13-7-5-12(6-8-13)15(19)16-10-9-14(18)11-3-4-11/h5-8,11,14,18H,3-4,9-10H2,1-2H3,(H,16,19)/t14-/m0/s1. The van der Waals surface area contributed by atoms with E-state index in [4.69, 9.17) is 0 Å². The highest BCUT2D eigenvalue weighted by Crippen LogP contribution is 2.33. The highest BCUT2D eigenvalue weighted by Gasteiger charge is 2.29. The van der Waals surface area contributed by atoms with Crippen molar-refractivity contribution in [3.05, 3.63) is 29.8 Å². The summed E-state index contributed by atoms with van der Waals surface area (Å²) in [4.78, 5) is 12.1. The van der Waals surface area contributed by atoms with E-state index in [1.165, 1.54) is 38.4 Å². The SMILES string of the molecule is CN(C)S(=O)(=O)c1ccc(C(=O)NCC[C@H](O)C2CC2)cc1. The van der Waals surface area contributed by atoms with Crippen molar-refractivity contribution in [1.29, 1.82) is 0 Å². The highest BCUT2D eigenvalue weighted by atomic mass is 32.2. The summed E-state index contributed by atoms with van der Waals surface area (Å²) in [5, 5.41) is 12.5. The minimum atomic E-state index is -3.48. The first-order chi connectivity index (χ1) is 10.3. The average Bonchev–Trinajstić information content (AvgIpc) is 3.31. The van der Waals surface area contributed by atoms with Crippen molar-refractivity contribution in [2.75, 3.05) is 20.6 Å². The quantitative estimate of drug-likeness (QED) is 0.777. The number of amides is 1. The van der Waals surface area contributed by atoms with Crippen LogP contribution in [0.1, 0.15) is 29.6 Å². The number of hydrogen-bond acceptors (Lipinski definition) is 4. The fraction of sp³-hybridized carbons (Fsp3) is 0.533. The summed E-state index contributed by atoms with van der Waals surface area (Å²) in [5.41, 5.74) is 0.401. The number of benzene rings is 1. The molecule has 0 heterocycles. The van der Waals surface area contributed by atoms with Crippen LogP contribution in [0.5, 0.6) is 0 Å². The number of hydrogen-bond donors (Lipinski definition) is 2. The monoisotopic (exact) mass is 326 g/mol. The second-order valence-corrected chi connectivity index (χ2v) is 7.91. The van der Waals surface area contributed by atoms with E-state index in [2.05, 4.69) is 5.32 Å². The van der Waals surface area contributed by atoms with Crippen LogP contribution in [-0.4, -0.2) is 50.5 Å². The lowest BCUT2D eigenvalue weighted by Gasteiger charge is -2.12. The lowest BCUT2D eigenvalue weighted by Crippen LogP contribution is -2.28. The first-order valence-electron chi connectivity index (χ1n) is 7.31. The van der Waals surface area contributed by atoms with Crippen LogP contribution in [0.4, 0.5) is 0 Å². The Morgan fingerprint density at radius 1 is 1.32 bits per heavy atom. The van der Waals surface area contributed by atoms with Gasteiger partial charge >= 0.3 is 0 Å². The Bertz CT molecular complexity index is 621. The minimum absolute atomic E-state index is 0.151. The summed E-state index contributed by atoms with van der Waals surface area (Å²) < 4.78 is 25.0. The molecular formula is C15H22N2O4S. The maximum Gasteiger partial charge on any atom is 0.251 e. The van der Waals surface area contributed by atoms with Gasteiger partial charge in [-0.15, -0.1) is 0 Å². The molecule has 0 spiro atoms. The van der Waals surface area contributed by atoms with E-state index < -0.39 is 10.0 Å². The van der Waals surface area contributed by atoms with Crippen molar-refractivity contribution < 1.29 is 18.3 Å². The summed E-state index contributed by atoms with van der Waals surface area (Å²) >= 11 is 0. The summed E-state index contributed by atoms with van der Waals surface area (Å²) in [6.07, 6.45) is 2.34. The Morgan fingerprint density at radius 2 is 1.91 bits per heavy atom. The Morgan fingerprint density at radius 3 is 2.41 bits per heavy atom. The molecule has 7 heteroatoms. The third kappa shape index (κ3) is 4.06. The van der Waals surface area contributed by atoms with Crippen molar-refractivity contribution in [3.8, 4) is 0 Å². The Balaban J connectivity index is 1.90. The van der Waals surface area contributed by atoms with Gasteiger partial charge in [-0.2, -0.15) is 0 Å². The molecule has 1 aromatic carbocycles. The zero-order valence-corrected chi connectivity index (χ0v) is 13.6. The maximum atomic E-state index is 12.0. The molecule has 6 nitrogen and oxygen atoms in total. The van der Waals surface area contributed by atoms with Crippen LogP contribution in [0.3, 0.4) is 0 Å². The van der Waals surface area contributed by atoms with Crippen LogP contribution in [0.15, 0.2) is 29.2 Å². The van der Waals surface area contributed by atoms with E-state index in [0.29, 0.717) is 24.4 Å². The normalized spacial score (nSPS) is 16.5. The molecule has 1 saturated carbocycles. The van der Waals surface area contributed by atoms with Gasteiger partial charge in [0.25, 0.3) is 5.91 Å². The maximum absolute atomic E-state index is 12.0. The zero-order valence-electron chi connectivity index (χ0n) is 12.8. The highest BCUT2D eigenvalue weighted by molar-refractivity contribution is 7.89. The second kappa shape index (κ2) is 6.76. The van der Waals surface area contributed by atoms with Crippen LogP contribution in [0.25, 0.3) is 0 Å². The van der Waals surface area contributed by atoms with Gasteiger partial charge in [-0.3, -0.25) is 4.79 Å². The molecule has 0 radical (unpaired) electrons. The first kappa shape index (κ1) is 16.9. The van der Waals surface area contributed by atoms with Gasteiger partial charge in [0.1, 0.15) is 0 Å². The molecule has 0 aromatic heterocycles. The number of sulfonamides is 1. The molecule has 1 atom stereocenters. The van der Waals surface area contributed by atoms with Crippen LogP contribution in [0.2, 0.25) is 0 Å². The number of rotatable bonds is 7. The largest absolute Gasteiger partial charge is 0.393 e. The fourth-order valence-corrected chi connectivity index (χ4v) is 3.04. The fourth-order valence-electron chi connectivity index (χ4n) is 2.14. The summed E-state index contributed by atoms with van der Waals surface area (Å²) in [5.74, 6) is 0.129. The van der Waals surface area contributed by atoms with E-state index in [0.717, 1.165) is 17.1 Å². The lowest BCUT2D eigenvalue weighted by molar-refractivity contribution is 0.0936. The van der Waals surface area contributed by atoms with Crippen molar-refractivity contribution in [3.63, 3.8) is 0 Å². The third-order valence-electron chi connectivity index (χ3n) is 3.79. The molecule has 1 aliphatic carbocycles. The molecule has 122 valence electrons. The van der Waals surface area contributed by atoms with Gasteiger partial charge in [0.05, 0.1) is 11.0 Å². The number of nitrogens with zero attached hydrogens (tertiary/aromatic N) is 1. The number of carbonyl (C=O) groups is 1. The first-order valence-corrected chi connectivity index (χ1v) is 8.75. The predicted octanol–water partition coefficient (Wildman–Crippen LogP) is 0.828. The molecule has 1 fully saturated rings. The molecule has 22 heavy (non-hydrogen) atoms. The van der Waals surface area contributed by atoms with E-state index >= 15 is 0 Å². The van der Waals surface area contributed by atoms with E-state index in [-0.39, 0.29) is 16.9 Å². The zero-order chi connectivity index (χ0) is 16.3. The molecule has 0 bridgehead atoms.